The van der Waals surface area contributed by atoms with Crippen LogP contribution in [0.4, 0.5) is 0 Å². The Bertz CT molecular complexity index is 830. The minimum absolute atomic E-state index is 0.290. The summed E-state index contributed by atoms with van der Waals surface area (Å²) in [4.78, 5) is 15.5. The lowest BCUT2D eigenvalue weighted by Crippen LogP contribution is -2.32. The first kappa shape index (κ1) is 14.2. The summed E-state index contributed by atoms with van der Waals surface area (Å²) in [6.07, 6.45) is 2.10. The fourth-order valence-corrected chi connectivity index (χ4v) is 2.52. The molecule has 2 aromatic carbocycles. The first-order valence-corrected chi connectivity index (χ1v) is 7.06. The van der Waals surface area contributed by atoms with Crippen molar-refractivity contribution in [2.24, 2.45) is 5.73 Å². The molecule has 3 N–H and O–H groups in total. The van der Waals surface area contributed by atoms with Crippen LogP contribution < -0.4 is 5.73 Å². The Labute approximate surface area is 128 Å². The van der Waals surface area contributed by atoms with E-state index in [-0.39, 0.29) is 0 Å². The minimum Gasteiger partial charge on any atom is -0.480 e. The molecule has 1 atom stereocenters. The second kappa shape index (κ2) is 5.95. The molecule has 0 saturated heterocycles. The van der Waals surface area contributed by atoms with Crippen molar-refractivity contribution >= 4 is 16.9 Å². The molecule has 1 heterocycles. The van der Waals surface area contributed by atoms with Crippen molar-refractivity contribution in [3.05, 3.63) is 66.4 Å². The van der Waals surface area contributed by atoms with Gasteiger partial charge in [0.25, 0.3) is 0 Å². The largest absolute Gasteiger partial charge is 0.480 e. The highest BCUT2D eigenvalue weighted by molar-refractivity contribution is 5.84. The van der Waals surface area contributed by atoms with Gasteiger partial charge < -0.3 is 10.8 Å². The predicted molar refractivity (Wildman–Crippen MR) is 86.5 cm³/mol. The molecule has 0 aliphatic rings. The Morgan fingerprint density at radius 2 is 1.86 bits per heavy atom. The molecule has 110 valence electrons. The number of hydrogen-bond acceptors (Lipinski definition) is 3. The molecule has 0 aliphatic heterocycles. The molecule has 0 spiro atoms. The Kier molecular flexibility index (Phi) is 3.85. The van der Waals surface area contributed by atoms with E-state index in [1.165, 1.54) is 0 Å². The molecule has 3 aromatic rings. The molecule has 4 nitrogen and oxygen atoms in total. The quantitative estimate of drug-likeness (QED) is 0.775. The highest BCUT2D eigenvalue weighted by atomic mass is 16.4. The first-order valence-electron chi connectivity index (χ1n) is 7.06. The summed E-state index contributed by atoms with van der Waals surface area (Å²) in [5.41, 5.74) is 9.45. The molecule has 22 heavy (non-hydrogen) atoms. The second-order valence-electron chi connectivity index (χ2n) is 5.22. The van der Waals surface area contributed by atoms with Gasteiger partial charge in [-0.25, -0.2) is 0 Å². The van der Waals surface area contributed by atoms with Crippen molar-refractivity contribution in [3.63, 3.8) is 0 Å². The summed E-state index contributed by atoms with van der Waals surface area (Å²) in [6.45, 7) is 0. The van der Waals surface area contributed by atoms with E-state index in [0.29, 0.717) is 6.42 Å². The van der Waals surface area contributed by atoms with Crippen LogP contribution in [0.2, 0.25) is 0 Å². The molecule has 0 fully saturated rings. The summed E-state index contributed by atoms with van der Waals surface area (Å²) >= 11 is 0. The van der Waals surface area contributed by atoms with Crippen LogP contribution in [0.1, 0.15) is 5.56 Å². The summed E-state index contributed by atoms with van der Waals surface area (Å²) in [5, 5.41) is 10.1. The van der Waals surface area contributed by atoms with Gasteiger partial charge in [-0.15, -0.1) is 0 Å². The molecule has 0 bridgehead atoms. The van der Waals surface area contributed by atoms with Crippen LogP contribution in [0.25, 0.3) is 22.0 Å². The Morgan fingerprint density at radius 3 is 2.68 bits per heavy atom. The Hall–Kier alpha value is -2.72. The minimum atomic E-state index is -0.994. The van der Waals surface area contributed by atoms with Gasteiger partial charge in [0.1, 0.15) is 6.04 Å². The SMILES string of the molecule is N[C@@H](Cc1ccccc1-c1cnc2ccccc2c1)C(=O)O. The van der Waals surface area contributed by atoms with E-state index in [4.69, 9.17) is 10.8 Å². The smallest absolute Gasteiger partial charge is 0.320 e. The zero-order valence-electron chi connectivity index (χ0n) is 11.9. The fourth-order valence-electron chi connectivity index (χ4n) is 2.52. The number of aromatic nitrogens is 1. The van der Waals surface area contributed by atoms with E-state index < -0.39 is 12.0 Å². The van der Waals surface area contributed by atoms with Crippen molar-refractivity contribution in [2.75, 3.05) is 0 Å². The number of fused-ring (bicyclic) bond motifs is 1. The van der Waals surface area contributed by atoms with Crippen molar-refractivity contribution in [1.29, 1.82) is 0 Å². The molecule has 4 heteroatoms. The summed E-state index contributed by atoms with van der Waals surface area (Å²) in [7, 11) is 0. The van der Waals surface area contributed by atoms with E-state index in [0.717, 1.165) is 27.6 Å². The van der Waals surface area contributed by atoms with E-state index >= 15 is 0 Å². The number of para-hydroxylation sites is 1. The lowest BCUT2D eigenvalue weighted by atomic mass is 9.95. The molecular formula is C18H16N2O2. The lowest BCUT2D eigenvalue weighted by molar-refractivity contribution is -0.138. The molecule has 0 amide bonds. The van der Waals surface area contributed by atoms with Gasteiger partial charge in [-0.1, -0.05) is 42.5 Å². The second-order valence-corrected chi connectivity index (χ2v) is 5.22. The summed E-state index contributed by atoms with van der Waals surface area (Å²) in [5.74, 6) is -0.994. The molecule has 0 saturated carbocycles. The number of hydrogen-bond donors (Lipinski definition) is 2. The van der Waals surface area contributed by atoms with Gasteiger partial charge in [0, 0.05) is 17.1 Å². The number of aliphatic carboxylic acids is 1. The fraction of sp³-hybridized carbons (Fsp3) is 0.111. The summed E-state index contributed by atoms with van der Waals surface area (Å²) < 4.78 is 0. The van der Waals surface area contributed by atoms with E-state index in [1.807, 2.05) is 54.7 Å². The number of nitrogens with two attached hydrogens (primary N) is 1. The van der Waals surface area contributed by atoms with Crippen LogP contribution >= 0.6 is 0 Å². The topological polar surface area (TPSA) is 76.2 Å². The van der Waals surface area contributed by atoms with Gasteiger partial charge in [-0.05, 0) is 29.7 Å². The highest BCUT2D eigenvalue weighted by Gasteiger charge is 2.15. The third-order valence-electron chi connectivity index (χ3n) is 3.68. The van der Waals surface area contributed by atoms with E-state index in [9.17, 15) is 4.79 Å². The van der Waals surface area contributed by atoms with E-state index in [1.54, 1.807) is 0 Å². The van der Waals surface area contributed by atoms with Crippen molar-refractivity contribution in [1.82, 2.24) is 4.98 Å². The van der Waals surface area contributed by atoms with Crippen LogP contribution in [0.15, 0.2) is 60.8 Å². The predicted octanol–water partition coefficient (Wildman–Crippen LogP) is 2.86. The maximum Gasteiger partial charge on any atom is 0.320 e. The van der Waals surface area contributed by atoms with Gasteiger partial charge in [0.05, 0.1) is 5.52 Å². The number of nitrogens with zero attached hydrogens (tertiary/aromatic N) is 1. The van der Waals surface area contributed by atoms with Crippen LogP contribution in [-0.4, -0.2) is 22.1 Å². The molecular weight excluding hydrogens is 276 g/mol. The zero-order chi connectivity index (χ0) is 15.5. The third kappa shape index (κ3) is 2.82. The number of carboxylic acid groups (broad SMARTS) is 1. The zero-order valence-corrected chi connectivity index (χ0v) is 11.9. The maximum atomic E-state index is 11.0. The molecule has 0 unspecified atom stereocenters. The van der Waals surface area contributed by atoms with Crippen molar-refractivity contribution < 1.29 is 9.90 Å². The van der Waals surface area contributed by atoms with Gasteiger partial charge >= 0.3 is 5.97 Å². The lowest BCUT2D eigenvalue weighted by Gasteiger charge is -2.12. The van der Waals surface area contributed by atoms with Crippen LogP contribution in [0, 0.1) is 0 Å². The van der Waals surface area contributed by atoms with Gasteiger partial charge in [0.15, 0.2) is 0 Å². The van der Waals surface area contributed by atoms with Crippen LogP contribution in [0.3, 0.4) is 0 Å². The summed E-state index contributed by atoms with van der Waals surface area (Å²) in [6, 6.07) is 16.8. The number of carboxylic acids is 1. The average molecular weight is 292 g/mol. The third-order valence-corrected chi connectivity index (χ3v) is 3.68. The van der Waals surface area contributed by atoms with Gasteiger partial charge in [-0.3, -0.25) is 9.78 Å². The number of carbonyl (C=O) groups is 1. The van der Waals surface area contributed by atoms with Crippen LogP contribution in [0.5, 0.6) is 0 Å². The average Bonchev–Trinajstić information content (AvgIpc) is 2.55. The van der Waals surface area contributed by atoms with Crippen molar-refractivity contribution in [2.45, 2.75) is 12.5 Å². The molecule has 1 aromatic heterocycles. The van der Waals surface area contributed by atoms with Crippen LogP contribution in [-0.2, 0) is 11.2 Å². The van der Waals surface area contributed by atoms with Crippen molar-refractivity contribution in [3.8, 4) is 11.1 Å². The highest BCUT2D eigenvalue weighted by Crippen LogP contribution is 2.26. The normalized spacial score (nSPS) is 12.2. The number of pyridine rings is 1. The molecule has 0 radical (unpaired) electrons. The molecule has 3 rings (SSSR count). The molecule has 0 aliphatic carbocycles. The van der Waals surface area contributed by atoms with E-state index in [2.05, 4.69) is 11.1 Å². The number of benzene rings is 2. The monoisotopic (exact) mass is 292 g/mol. The Morgan fingerprint density at radius 1 is 1.14 bits per heavy atom. The standard InChI is InChI=1S/C18H16N2O2/c19-16(18(21)22)10-12-5-1-3-7-15(12)14-9-13-6-2-4-8-17(13)20-11-14/h1-9,11,16H,10,19H2,(H,21,22)/t16-/m0/s1. The number of rotatable bonds is 4. The van der Waals surface area contributed by atoms with Gasteiger partial charge in [0.2, 0.25) is 0 Å². The van der Waals surface area contributed by atoms with Gasteiger partial charge in [-0.2, -0.15) is 0 Å². The first-order chi connectivity index (χ1) is 10.6. The Balaban J connectivity index is 2.04. The maximum absolute atomic E-state index is 11.0.